The summed E-state index contributed by atoms with van der Waals surface area (Å²) in [6.07, 6.45) is 2.29. The van der Waals surface area contributed by atoms with Crippen LogP contribution in [0, 0.1) is 18.2 Å². The number of halogens is 1. The molecule has 1 atom stereocenters. The Balaban J connectivity index is 2.13. The molecule has 18 heavy (non-hydrogen) atoms. The molecule has 1 aliphatic heterocycles. The smallest absolute Gasteiger partial charge is 0.144 e. The van der Waals surface area contributed by atoms with Gasteiger partial charge in [0.1, 0.15) is 11.6 Å². The van der Waals surface area contributed by atoms with Crippen molar-refractivity contribution in [3.63, 3.8) is 0 Å². The van der Waals surface area contributed by atoms with Crippen LogP contribution in [0.4, 0.5) is 4.39 Å². The number of aryl methyl sites for hydroxylation is 1. The van der Waals surface area contributed by atoms with E-state index in [4.69, 9.17) is 0 Å². The summed E-state index contributed by atoms with van der Waals surface area (Å²) in [6, 6.07) is 4.65. The minimum atomic E-state index is -0.295. The first-order chi connectivity index (χ1) is 8.51. The molecule has 0 saturated carbocycles. The molecule has 1 aromatic carbocycles. The fourth-order valence-corrected chi connectivity index (χ4v) is 2.51. The summed E-state index contributed by atoms with van der Waals surface area (Å²) in [5.41, 5.74) is 1.50. The van der Waals surface area contributed by atoms with Gasteiger partial charge < -0.3 is 5.32 Å². The molecule has 0 aliphatic carbocycles. The first-order valence-corrected chi connectivity index (χ1v) is 6.50. The standard InChI is InChI=1S/C15H20FNO/c1-11-4-5-13(16)8-12(11)9-14(18)15(2)6-3-7-17-10-15/h4-5,8,17H,3,6-7,9-10H2,1-2H3. The van der Waals surface area contributed by atoms with Gasteiger partial charge in [-0.3, -0.25) is 4.79 Å². The van der Waals surface area contributed by atoms with E-state index < -0.39 is 0 Å². The van der Waals surface area contributed by atoms with Crippen LogP contribution >= 0.6 is 0 Å². The molecule has 1 N–H and O–H groups in total. The van der Waals surface area contributed by atoms with Gasteiger partial charge in [0, 0.05) is 18.4 Å². The fourth-order valence-electron chi connectivity index (χ4n) is 2.51. The number of carbonyl (C=O) groups is 1. The third-order valence-corrected chi connectivity index (χ3v) is 3.93. The van der Waals surface area contributed by atoms with Gasteiger partial charge in [-0.1, -0.05) is 13.0 Å². The van der Waals surface area contributed by atoms with E-state index in [2.05, 4.69) is 5.32 Å². The van der Waals surface area contributed by atoms with E-state index in [1.54, 1.807) is 6.07 Å². The third kappa shape index (κ3) is 2.78. The molecule has 0 radical (unpaired) electrons. The van der Waals surface area contributed by atoms with Gasteiger partial charge >= 0.3 is 0 Å². The van der Waals surface area contributed by atoms with Crippen LogP contribution in [0.1, 0.15) is 30.9 Å². The maximum atomic E-state index is 13.2. The van der Waals surface area contributed by atoms with E-state index in [0.29, 0.717) is 6.42 Å². The summed E-state index contributed by atoms with van der Waals surface area (Å²) in [4.78, 5) is 12.4. The number of carbonyl (C=O) groups excluding carboxylic acids is 1. The predicted molar refractivity (Wildman–Crippen MR) is 70.1 cm³/mol. The average Bonchev–Trinajstić information content (AvgIpc) is 2.35. The summed E-state index contributed by atoms with van der Waals surface area (Å²) >= 11 is 0. The van der Waals surface area contributed by atoms with Crippen molar-refractivity contribution < 1.29 is 9.18 Å². The highest BCUT2D eigenvalue weighted by Gasteiger charge is 2.34. The Morgan fingerprint density at radius 2 is 2.28 bits per heavy atom. The van der Waals surface area contributed by atoms with Crippen molar-refractivity contribution in [1.82, 2.24) is 5.32 Å². The molecule has 1 unspecified atom stereocenters. The third-order valence-electron chi connectivity index (χ3n) is 3.93. The van der Waals surface area contributed by atoms with E-state index in [-0.39, 0.29) is 17.0 Å². The lowest BCUT2D eigenvalue weighted by Gasteiger charge is -2.32. The topological polar surface area (TPSA) is 29.1 Å². The lowest BCUT2D eigenvalue weighted by molar-refractivity contribution is -0.128. The summed E-state index contributed by atoms with van der Waals surface area (Å²) in [7, 11) is 0. The molecule has 0 aromatic heterocycles. The molecule has 1 aromatic rings. The van der Waals surface area contributed by atoms with Crippen molar-refractivity contribution >= 4 is 5.78 Å². The summed E-state index contributed by atoms with van der Waals surface area (Å²) in [5, 5.41) is 3.27. The number of ketones is 1. The Labute approximate surface area is 108 Å². The molecule has 0 amide bonds. The van der Waals surface area contributed by atoms with Crippen LogP contribution in [-0.4, -0.2) is 18.9 Å². The van der Waals surface area contributed by atoms with Gasteiger partial charge in [-0.05, 0) is 49.6 Å². The highest BCUT2D eigenvalue weighted by atomic mass is 19.1. The van der Waals surface area contributed by atoms with E-state index in [1.807, 2.05) is 13.8 Å². The lowest BCUT2D eigenvalue weighted by atomic mass is 9.76. The second-order valence-corrected chi connectivity index (χ2v) is 5.51. The Bertz CT molecular complexity index is 450. The van der Waals surface area contributed by atoms with E-state index in [1.165, 1.54) is 12.1 Å². The quantitative estimate of drug-likeness (QED) is 0.892. The van der Waals surface area contributed by atoms with Crippen molar-refractivity contribution in [1.29, 1.82) is 0 Å². The van der Waals surface area contributed by atoms with Gasteiger partial charge in [0.25, 0.3) is 0 Å². The van der Waals surface area contributed by atoms with Gasteiger partial charge in [-0.15, -0.1) is 0 Å². The Hall–Kier alpha value is -1.22. The summed E-state index contributed by atoms with van der Waals surface area (Å²) in [5.74, 6) is -0.0567. The maximum absolute atomic E-state index is 13.2. The van der Waals surface area contributed by atoms with Gasteiger partial charge in [0.2, 0.25) is 0 Å². The van der Waals surface area contributed by atoms with Gasteiger partial charge in [-0.25, -0.2) is 4.39 Å². The number of hydrogen-bond donors (Lipinski definition) is 1. The van der Waals surface area contributed by atoms with E-state index in [9.17, 15) is 9.18 Å². The second-order valence-electron chi connectivity index (χ2n) is 5.51. The van der Waals surface area contributed by atoms with Gasteiger partial charge in [-0.2, -0.15) is 0 Å². The number of hydrogen-bond acceptors (Lipinski definition) is 2. The number of Topliss-reactive ketones (excluding diaryl/α,β-unsaturated/α-hetero) is 1. The molecule has 0 bridgehead atoms. The molecular formula is C15H20FNO. The molecular weight excluding hydrogens is 229 g/mol. The Morgan fingerprint density at radius 3 is 2.94 bits per heavy atom. The largest absolute Gasteiger partial charge is 0.316 e. The van der Waals surface area contributed by atoms with Crippen molar-refractivity contribution in [3.8, 4) is 0 Å². The normalized spacial score (nSPS) is 23.9. The molecule has 0 spiro atoms. The zero-order valence-electron chi connectivity index (χ0n) is 11.1. The van der Waals surface area contributed by atoms with Crippen LogP contribution in [0.2, 0.25) is 0 Å². The van der Waals surface area contributed by atoms with Crippen molar-refractivity contribution in [3.05, 3.63) is 35.1 Å². The van der Waals surface area contributed by atoms with Gasteiger partial charge in [0.15, 0.2) is 0 Å². The summed E-state index contributed by atoms with van der Waals surface area (Å²) in [6.45, 7) is 5.65. The number of benzene rings is 1. The molecule has 1 fully saturated rings. The minimum absolute atomic E-state index is 0.211. The molecule has 1 heterocycles. The fraction of sp³-hybridized carbons (Fsp3) is 0.533. The van der Waals surface area contributed by atoms with Crippen molar-refractivity contribution in [2.75, 3.05) is 13.1 Å². The molecule has 98 valence electrons. The van der Waals surface area contributed by atoms with Crippen molar-refractivity contribution in [2.45, 2.75) is 33.1 Å². The second kappa shape index (κ2) is 5.19. The molecule has 2 rings (SSSR count). The minimum Gasteiger partial charge on any atom is -0.316 e. The van der Waals surface area contributed by atoms with E-state index >= 15 is 0 Å². The SMILES string of the molecule is Cc1ccc(F)cc1CC(=O)C1(C)CCCNC1. The highest BCUT2D eigenvalue weighted by Crippen LogP contribution is 2.28. The van der Waals surface area contributed by atoms with Crippen LogP contribution in [0.3, 0.4) is 0 Å². The number of piperidine rings is 1. The Kier molecular flexibility index (Phi) is 3.81. The van der Waals surface area contributed by atoms with Crippen LogP contribution in [0.15, 0.2) is 18.2 Å². The number of rotatable bonds is 3. The monoisotopic (exact) mass is 249 g/mol. The Morgan fingerprint density at radius 1 is 1.50 bits per heavy atom. The summed E-state index contributed by atoms with van der Waals surface area (Å²) < 4.78 is 13.2. The van der Waals surface area contributed by atoms with Crippen LogP contribution in [-0.2, 0) is 11.2 Å². The zero-order chi connectivity index (χ0) is 13.2. The highest BCUT2D eigenvalue weighted by molar-refractivity contribution is 5.87. The van der Waals surface area contributed by atoms with Crippen LogP contribution in [0.25, 0.3) is 0 Å². The first-order valence-electron chi connectivity index (χ1n) is 6.50. The maximum Gasteiger partial charge on any atom is 0.144 e. The molecule has 1 aliphatic rings. The molecule has 3 heteroatoms. The predicted octanol–water partition coefficient (Wildman–Crippen LogP) is 2.64. The molecule has 2 nitrogen and oxygen atoms in total. The average molecular weight is 249 g/mol. The zero-order valence-corrected chi connectivity index (χ0v) is 11.1. The van der Waals surface area contributed by atoms with Gasteiger partial charge in [0.05, 0.1) is 0 Å². The molecule has 1 saturated heterocycles. The number of nitrogens with one attached hydrogen (secondary N) is 1. The van der Waals surface area contributed by atoms with Crippen LogP contribution in [0.5, 0.6) is 0 Å². The van der Waals surface area contributed by atoms with Crippen molar-refractivity contribution in [2.24, 2.45) is 5.41 Å². The van der Waals surface area contributed by atoms with E-state index in [0.717, 1.165) is 37.1 Å². The first kappa shape index (κ1) is 13.2. The lowest BCUT2D eigenvalue weighted by Crippen LogP contribution is -2.44. The van der Waals surface area contributed by atoms with Crippen LogP contribution < -0.4 is 5.32 Å².